The van der Waals surface area contributed by atoms with Gasteiger partial charge in [-0.1, -0.05) is 72.9 Å². The minimum atomic E-state index is 0.225. The number of benzene rings is 2. The van der Waals surface area contributed by atoms with Gasteiger partial charge in [-0.05, 0) is 61.1 Å². The van der Waals surface area contributed by atoms with E-state index in [1.165, 1.54) is 33.4 Å². The minimum absolute atomic E-state index is 0.225. The van der Waals surface area contributed by atoms with Gasteiger partial charge in [0.2, 0.25) is 0 Å². The Morgan fingerprint density at radius 1 is 0.700 bits per heavy atom. The van der Waals surface area contributed by atoms with E-state index in [1.807, 2.05) is 0 Å². The highest BCUT2D eigenvalue weighted by molar-refractivity contribution is 6.53. The summed E-state index contributed by atoms with van der Waals surface area (Å²) in [7, 11) is 0. The molecule has 1 fully saturated rings. The highest BCUT2D eigenvalue weighted by Crippen LogP contribution is 2.45. The SMILES string of the molecule is Cc1cccc(C)c1N=C1C2=CC=CC3=CC=C[C@H](C1=Nc1c(C)cccc1C)[C@H]32. The molecule has 2 heteroatoms. The average Bonchev–Trinajstić information content (AvgIpc) is 3.02. The van der Waals surface area contributed by atoms with Gasteiger partial charge in [-0.15, -0.1) is 0 Å². The molecular formula is C28H26N2. The first-order chi connectivity index (χ1) is 14.5. The first kappa shape index (κ1) is 18.7. The van der Waals surface area contributed by atoms with Crippen molar-refractivity contribution in [3.05, 3.63) is 106 Å². The lowest BCUT2D eigenvalue weighted by molar-refractivity contribution is 0.680. The second-order valence-corrected chi connectivity index (χ2v) is 8.47. The Morgan fingerprint density at radius 2 is 1.30 bits per heavy atom. The van der Waals surface area contributed by atoms with E-state index in [0.29, 0.717) is 5.92 Å². The van der Waals surface area contributed by atoms with Crippen molar-refractivity contribution in [3.63, 3.8) is 0 Å². The van der Waals surface area contributed by atoms with Crippen LogP contribution < -0.4 is 0 Å². The van der Waals surface area contributed by atoms with Gasteiger partial charge in [0.05, 0.1) is 22.8 Å². The Kier molecular flexibility index (Phi) is 4.51. The van der Waals surface area contributed by atoms with Crippen molar-refractivity contribution < 1.29 is 0 Å². The van der Waals surface area contributed by atoms with E-state index in [9.17, 15) is 0 Å². The third-order valence-electron chi connectivity index (χ3n) is 6.39. The maximum atomic E-state index is 5.28. The lowest BCUT2D eigenvalue weighted by Crippen LogP contribution is -2.18. The summed E-state index contributed by atoms with van der Waals surface area (Å²) in [5, 5.41) is 0. The number of aryl methyl sites for hydroxylation is 4. The van der Waals surface area contributed by atoms with E-state index >= 15 is 0 Å². The highest BCUT2D eigenvalue weighted by Gasteiger charge is 2.43. The number of aliphatic imine (C=N–C) groups is 2. The quantitative estimate of drug-likeness (QED) is 0.527. The van der Waals surface area contributed by atoms with E-state index in [2.05, 4.69) is 101 Å². The summed E-state index contributed by atoms with van der Waals surface area (Å²) in [6.45, 7) is 8.55. The predicted molar refractivity (Wildman–Crippen MR) is 127 cm³/mol. The van der Waals surface area contributed by atoms with Gasteiger partial charge in [-0.3, -0.25) is 0 Å². The third kappa shape index (κ3) is 2.95. The highest BCUT2D eigenvalue weighted by atomic mass is 14.9. The molecule has 5 rings (SSSR count). The van der Waals surface area contributed by atoms with E-state index < -0.39 is 0 Å². The van der Waals surface area contributed by atoms with Gasteiger partial charge < -0.3 is 0 Å². The van der Waals surface area contributed by atoms with Crippen LogP contribution in [-0.4, -0.2) is 11.4 Å². The van der Waals surface area contributed by atoms with Crippen molar-refractivity contribution in [1.82, 2.24) is 0 Å². The summed E-state index contributed by atoms with van der Waals surface area (Å²) in [5.74, 6) is 0.537. The molecule has 0 heterocycles. The van der Waals surface area contributed by atoms with Gasteiger partial charge in [0.25, 0.3) is 0 Å². The molecule has 0 radical (unpaired) electrons. The molecule has 0 aromatic heterocycles. The van der Waals surface area contributed by atoms with Gasteiger partial charge in [0, 0.05) is 11.8 Å². The lowest BCUT2D eigenvalue weighted by Gasteiger charge is -2.23. The second-order valence-electron chi connectivity index (χ2n) is 8.47. The van der Waals surface area contributed by atoms with Crippen LogP contribution in [0.25, 0.3) is 0 Å². The number of rotatable bonds is 2. The monoisotopic (exact) mass is 390 g/mol. The maximum Gasteiger partial charge on any atom is 0.0897 e. The van der Waals surface area contributed by atoms with Crippen molar-refractivity contribution in [2.75, 3.05) is 0 Å². The number of nitrogens with zero attached hydrogens (tertiary/aromatic N) is 2. The Labute approximate surface area is 178 Å². The average molecular weight is 391 g/mol. The largest absolute Gasteiger partial charge is 0.250 e. The topological polar surface area (TPSA) is 24.7 Å². The predicted octanol–water partition coefficient (Wildman–Crippen LogP) is 7.00. The number of allylic oxidation sites excluding steroid dienone is 8. The molecule has 148 valence electrons. The molecule has 30 heavy (non-hydrogen) atoms. The van der Waals surface area contributed by atoms with Gasteiger partial charge in [0.15, 0.2) is 0 Å². The van der Waals surface area contributed by atoms with Crippen LogP contribution in [0.4, 0.5) is 11.4 Å². The van der Waals surface area contributed by atoms with Crippen LogP contribution in [0.1, 0.15) is 22.3 Å². The fourth-order valence-corrected chi connectivity index (χ4v) is 4.83. The van der Waals surface area contributed by atoms with Crippen molar-refractivity contribution in [2.45, 2.75) is 27.7 Å². The van der Waals surface area contributed by atoms with E-state index in [-0.39, 0.29) is 5.92 Å². The number of para-hydroxylation sites is 2. The standard InChI is InChI=1S/C28H26N2/c1-17-9-5-10-18(2)25(17)29-27-22-15-7-13-21-14-8-16-23(24(21)22)28(27)30-26-19(3)11-6-12-20(26)4/h5-16,22,24H,1-4H3/t22-,24-/m0/s1. The summed E-state index contributed by atoms with van der Waals surface area (Å²) in [4.78, 5) is 10.5. The van der Waals surface area contributed by atoms with E-state index in [4.69, 9.17) is 9.98 Å². The molecule has 2 aromatic rings. The summed E-state index contributed by atoms with van der Waals surface area (Å²) in [6.07, 6.45) is 13.3. The zero-order valence-electron chi connectivity index (χ0n) is 18.0. The van der Waals surface area contributed by atoms with Crippen LogP contribution >= 0.6 is 0 Å². The molecule has 0 saturated heterocycles. The maximum absolute atomic E-state index is 5.28. The molecule has 2 nitrogen and oxygen atoms in total. The van der Waals surface area contributed by atoms with Crippen molar-refractivity contribution in [1.29, 1.82) is 0 Å². The molecule has 0 spiro atoms. The Morgan fingerprint density at radius 3 is 1.93 bits per heavy atom. The van der Waals surface area contributed by atoms with Crippen LogP contribution in [0, 0.1) is 39.5 Å². The molecule has 3 aliphatic rings. The fourth-order valence-electron chi connectivity index (χ4n) is 4.83. The fraction of sp³-hybridized carbons (Fsp3) is 0.214. The summed E-state index contributed by atoms with van der Waals surface area (Å²) >= 11 is 0. The number of hydrogen-bond acceptors (Lipinski definition) is 2. The molecule has 0 amide bonds. The zero-order chi connectivity index (χ0) is 20.8. The smallest absolute Gasteiger partial charge is 0.0897 e. The first-order valence-corrected chi connectivity index (χ1v) is 10.6. The molecule has 3 aliphatic carbocycles. The number of hydrogen-bond donors (Lipinski definition) is 0. The summed E-state index contributed by atoms with van der Waals surface area (Å²) in [6, 6.07) is 12.7. The zero-order valence-corrected chi connectivity index (χ0v) is 18.0. The minimum Gasteiger partial charge on any atom is -0.250 e. The molecule has 2 atom stereocenters. The molecule has 1 saturated carbocycles. The lowest BCUT2D eigenvalue weighted by atomic mass is 9.80. The second kappa shape index (κ2) is 7.21. The Hall–Kier alpha value is -3.26. The molecule has 2 aromatic carbocycles. The van der Waals surface area contributed by atoms with Crippen molar-refractivity contribution in [2.24, 2.45) is 21.8 Å². The summed E-state index contributed by atoms with van der Waals surface area (Å²) in [5.41, 5.74) is 11.7. The molecule has 0 bridgehead atoms. The van der Waals surface area contributed by atoms with Crippen LogP contribution in [0.15, 0.2) is 94.0 Å². The molecule has 0 aliphatic heterocycles. The molecular weight excluding hydrogens is 364 g/mol. The van der Waals surface area contributed by atoms with Gasteiger partial charge >= 0.3 is 0 Å². The van der Waals surface area contributed by atoms with Crippen molar-refractivity contribution >= 4 is 22.8 Å². The summed E-state index contributed by atoms with van der Waals surface area (Å²) < 4.78 is 0. The van der Waals surface area contributed by atoms with E-state index in [1.54, 1.807) is 0 Å². The third-order valence-corrected chi connectivity index (χ3v) is 6.39. The van der Waals surface area contributed by atoms with Crippen molar-refractivity contribution in [3.8, 4) is 0 Å². The van der Waals surface area contributed by atoms with Gasteiger partial charge in [-0.25, -0.2) is 9.98 Å². The first-order valence-electron chi connectivity index (χ1n) is 10.6. The normalized spacial score (nSPS) is 24.3. The van der Waals surface area contributed by atoms with Crippen LogP contribution in [-0.2, 0) is 0 Å². The van der Waals surface area contributed by atoms with Crippen LogP contribution in [0.2, 0.25) is 0 Å². The van der Waals surface area contributed by atoms with Crippen LogP contribution in [0.5, 0.6) is 0 Å². The van der Waals surface area contributed by atoms with E-state index in [0.717, 1.165) is 22.8 Å². The molecule has 0 unspecified atom stereocenters. The molecule has 0 N–H and O–H groups in total. The van der Waals surface area contributed by atoms with Crippen LogP contribution in [0.3, 0.4) is 0 Å². The Balaban J connectivity index is 1.77. The van der Waals surface area contributed by atoms with Gasteiger partial charge in [-0.2, -0.15) is 0 Å². The Bertz CT molecular complexity index is 1190. The van der Waals surface area contributed by atoms with Gasteiger partial charge in [0.1, 0.15) is 0 Å².